The van der Waals surface area contributed by atoms with Crippen LogP contribution in [0.25, 0.3) is 0 Å². The van der Waals surface area contributed by atoms with Gasteiger partial charge in [-0.25, -0.2) is 4.79 Å². The number of alkyl carbamates (subject to hydrolysis) is 1. The normalized spacial score (nSPS) is 10.6. The Morgan fingerprint density at radius 2 is 1.62 bits per heavy atom. The first kappa shape index (κ1) is 12.0. The molecule has 0 aromatic rings. The Labute approximate surface area is 80.2 Å². The van der Waals surface area contributed by atoms with Gasteiger partial charge in [-0.2, -0.15) is 0 Å². The maximum absolute atomic E-state index is 11.2. The van der Waals surface area contributed by atoms with Gasteiger partial charge in [0.05, 0.1) is 0 Å². The highest BCUT2D eigenvalue weighted by Crippen LogP contribution is 2.07. The molecule has 1 N–H and O–H groups in total. The zero-order chi connectivity index (χ0) is 10.6. The number of ether oxygens (including phenoxy) is 1. The lowest BCUT2D eigenvalue weighted by atomic mass is 10.2. The summed E-state index contributed by atoms with van der Waals surface area (Å²) in [5, 5.41) is 2.65. The van der Waals surface area contributed by atoms with Crippen LogP contribution in [0.5, 0.6) is 0 Å². The maximum atomic E-state index is 11.2. The van der Waals surface area contributed by atoms with Crippen LogP contribution in [0.4, 0.5) is 4.79 Å². The summed E-state index contributed by atoms with van der Waals surface area (Å²) >= 11 is 0. The molecule has 0 aliphatic rings. The van der Waals surface area contributed by atoms with E-state index in [1.165, 1.54) is 0 Å². The van der Waals surface area contributed by atoms with Gasteiger partial charge < -0.3 is 4.74 Å². The van der Waals surface area contributed by atoms with Crippen molar-refractivity contribution in [2.24, 2.45) is 0 Å². The number of amides is 1. The van der Waals surface area contributed by atoms with E-state index < -0.39 is 11.7 Å². The Morgan fingerprint density at radius 1 is 1.15 bits per heavy atom. The zero-order valence-electron chi connectivity index (χ0n) is 9.32. The van der Waals surface area contributed by atoms with E-state index in [1.807, 2.05) is 41.5 Å². The summed E-state index contributed by atoms with van der Waals surface area (Å²) in [6.45, 7) is 11.2. The van der Waals surface area contributed by atoms with Gasteiger partial charge >= 0.3 is 6.09 Å². The summed E-state index contributed by atoms with van der Waals surface area (Å²) in [5.74, 6) is 0. The van der Waals surface area contributed by atoms with Gasteiger partial charge in [-0.3, -0.25) is 5.32 Å². The van der Waals surface area contributed by atoms with E-state index in [9.17, 15) is 4.79 Å². The zero-order valence-corrected chi connectivity index (χ0v) is 9.32. The first-order chi connectivity index (χ1) is 5.72. The average Bonchev–Trinajstić information content (AvgIpc) is 1.81. The third kappa shape index (κ3) is 6.20. The van der Waals surface area contributed by atoms with Gasteiger partial charge in [-0.1, -0.05) is 5.57 Å². The Morgan fingerprint density at radius 3 is 1.92 bits per heavy atom. The SMILES string of the molecule is CC(C)=C(C)NC(=O)OC(C)(C)C. The highest BCUT2D eigenvalue weighted by molar-refractivity contribution is 5.69. The van der Waals surface area contributed by atoms with Crippen LogP contribution in [0.2, 0.25) is 0 Å². The second-order valence-corrected chi connectivity index (χ2v) is 4.25. The quantitative estimate of drug-likeness (QED) is 0.682. The number of carbonyl (C=O) groups is 1. The molecule has 0 saturated heterocycles. The van der Waals surface area contributed by atoms with Crippen molar-refractivity contribution in [1.82, 2.24) is 5.32 Å². The molecule has 0 unspecified atom stereocenters. The van der Waals surface area contributed by atoms with Crippen LogP contribution >= 0.6 is 0 Å². The second-order valence-electron chi connectivity index (χ2n) is 4.25. The smallest absolute Gasteiger partial charge is 0.411 e. The lowest BCUT2D eigenvalue weighted by Gasteiger charge is -2.20. The topological polar surface area (TPSA) is 38.3 Å². The highest BCUT2D eigenvalue weighted by Gasteiger charge is 2.15. The van der Waals surface area contributed by atoms with Crippen LogP contribution in [0.15, 0.2) is 11.3 Å². The van der Waals surface area contributed by atoms with Gasteiger partial charge in [0.1, 0.15) is 5.60 Å². The number of hydrogen-bond acceptors (Lipinski definition) is 2. The number of hydrogen-bond donors (Lipinski definition) is 1. The molecule has 0 aromatic heterocycles. The summed E-state index contributed by atoms with van der Waals surface area (Å²) in [4.78, 5) is 11.2. The Hall–Kier alpha value is -0.990. The number of allylic oxidation sites excluding steroid dienone is 2. The van der Waals surface area contributed by atoms with Gasteiger partial charge in [0.2, 0.25) is 0 Å². The number of rotatable bonds is 1. The van der Waals surface area contributed by atoms with Crippen molar-refractivity contribution in [2.45, 2.75) is 47.1 Å². The molecule has 13 heavy (non-hydrogen) atoms. The fourth-order valence-electron chi connectivity index (χ4n) is 0.582. The molecule has 0 heterocycles. The Balaban J connectivity index is 4.12. The molecule has 76 valence electrons. The third-order valence-electron chi connectivity index (χ3n) is 1.44. The van der Waals surface area contributed by atoms with Crippen molar-refractivity contribution < 1.29 is 9.53 Å². The number of nitrogens with one attached hydrogen (secondary N) is 1. The molecule has 0 rings (SSSR count). The molecule has 0 aliphatic carbocycles. The van der Waals surface area contributed by atoms with E-state index in [0.29, 0.717) is 0 Å². The average molecular weight is 185 g/mol. The predicted molar refractivity (Wildman–Crippen MR) is 53.4 cm³/mol. The van der Waals surface area contributed by atoms with Crippen molar-refractivity contribution in [3.05, 3.63) is 11.3 Å². The molecule has 0 spiro atoms. The van der Waals surface area contributed by atoms with Crippen molar-refractivity contribution in [2.75, 3.05) is 0 Å². The molecular weight excluding hydrogens is 166 g/mol. The lowest BCUT2D eigenvalue weighted by molar-refractivity contribution is 0.0545. The summed E-state index contributed by atoms with van der Waals surface area (Å²) in [6.07, 6.45) is -0.397. The van der Waals surface area contributed by atoms with Gasteiger partial charge in [0, 0.05) is 5.70 Å². The van der Waals surface area contributed by atoms with Crippen LogP contribution in [-0.4, -0.2) is 11.7 Å². The molecule has 0 radical (unpaired) electrons. The fourth-order valence-corrected chi connectivity index (χ4v) is 0.582. The van der Waals surface area contributed by atoms with Gasteiger partial charge in [-0.05, 0) is 41.5 Å². The third-order valence-corrected chi connectivity index (χ3v) is 1.44. The minimum atomic E-state index is -0.438. The summed E-state index contributed by atoms with van der Waals surface area (Å²) in [5.41, 5.74) is 1.48. The van der Waals surface area contributed by atoms with E-state index in [1.54, 1.807) is 0 Å². The molecule has 0 fully saturated rings. The predicted octanol–water partition coefficient (Wildman–Crippen LogP) is 2.82. The van der Waals surface area contributed by atoms with Crippen LogP contribution in [0.3, 0.4) is 0 Å². The molecule has 0 aliphatic heterocycles. The lowest BCUT2D eigenvalue weighted by Crippen LogP contribution is -2.31. The van der Waals surface area contributed by atoms with Crippen LogP contribution in [-0.2, 0) is 4.74 Å². The van der Waals surface area contributed by atoms with E-state index in [0.717, 1.165) is 11.3 Å². The second kappa shape index (κ2) is 4.30. The van der Waals surface area contributed by atoms with Crippen molar-refractivity contribution >= 4 is 6.09 Å². The van der Waals surface area contributed by atoms with Crippen LogP contribution in [0.1, 0.15) is 41.5 Å². The standard InChI is InChI=1S/C10H19NO2/c1-7(2)8(3)11-9(12)13-10(4,5)6/h1-6H3,(H,11,12). The van der Waals surface area contributed by atoms with E-state index in [-0.39, 0.29) is 0 Å². The highest BCUT2D eigenvalue weighted by atomic mass is 16.6. The van der Waals surface area contributed by atoms with Gasteiger partial charge in [-0.15, -0.1) is 0 Å². The van der Waals surface area contributed by atoms with E-state index >= 15 is 0 Å². The van der Waals surface area contributed by atoms with Crippen LogP contribution in [0, 0.1) is 0 Å². The summed E-state index contributed by atoms with van der Waals surface area (Å²) in [7, 11) is 0. The van der Waals surface area contributed by atoms with Crippen molar-refractivity contribution in [3.8, 4) is 0 Å². The van der Waals surface area contributed by atoms with E-state index in [2.05, 4.69) is 5.32 Å². The Bertz CT molecular complexity index is 220. The molecule has 3 nitrogen and oxygen atoms in total. The molecule has 0 aromatic carbocycles. The molecule has 3 heteroatoms. The van der Waals surface area contributed by atoms with Gasteiger partial charge in [0.15, 0.2) is 0 Å². The monoisotopic (exact) mass is 185 g/mol. The fraction of sp³-hybridized carbons (Fsp3) is 0.700. The number of carbonyl (C=O) groups excluding carboxylic acids is 1. The first-order valence-corrected chi connectivity index (χ1v) is 4.36. The van der Waals surface area contributed by atoms with Crippen LogP contribution < -0.4 is 5.32 Å². The molecule has 0 saturated carbocycles. The molecular formula is C10H19NO2. The molecule has 0 atom stereocenters. The molecule has 1 amide bonds. The van der Waals surface area contributed by atoms with Crippen molar-refractivity contribution in [3.63, 3.8) is 0 Å². The van der Waals surface area contributed by atoms with Gasteiger partial charge in [0.25, 0.3) is 0 Å². The summed E-state index contributed by atoms with van der Waals surface area (Å²) < 4.78 is 5.07. The Kier molecular flexibility index (Phi) is 3.98. The minimum absolute atomic E-state index is 0.397. The molecule has 0 bridgehead atoms. The minimum Gasteiger partial charge on any atom is -0.444 e. The van der Waals surface area contributed by atoms with Crippen molar-refractivity contribution in [1.29, 1.82) is 0 Å². The largest absolute Gasteiger partial charge is 0.444 e. The maximum Gasteiger partial charge on any atom is 0.411 e. The first-order valence-electron chi connectivity index (χ1n) is 4.36. The van der Waals surface area contributed by atoms with E-state index in [4.69, 9.17) is 4.74 Å². The summed E-state index contributed by atoms with van der Waals surface area (Å²) in [6, 6.07) is 0.